The van der Waals surface area contributed by atoms with E-state index in [1.54, 1.807) is 31.3 Å². The molecule has 2 heterocycles. The van der Waals surface area contributed by atoms with Crippen LogP contribution in [0.2, 0.25) is 0 Å². The minimum absolute atomic E-state index is 0.341. The van der Waals surface area contributed by atoms with Gasteiger partial charge in [-0.05, 0) is 19.1 Å². The van der Waals surface area contributed by atoms with E-state index in [1.165, 1.54) is 0 Å². The molecule has 1 N–H and O–H groups in total. The van der Waals surface area contributed by atoms with Crippen LogP contribution in [0.4, 0.5) is 19.0 Å². The molecule has 1 atom stereocenters. The van der Waals surface area contributed by atoms with Crippen molar-refractivity contribution < 1.29 is 13.2 Å². The van der Waals surface area contributed by atoms with Crippen LogP contribution < -0.4 is 5.32 Å². The quantitative estimate of drug-likeness (QED) is 0.854. The van der Waals surface area contributed by atoms with E-state index in [0.717, 1.165) is 0 Å². The lowest BCUT2D eigenvalue weighted by atomic mass is 10.2. The Morgan fingerprint density at radius 1 is 1.17 bits per heavy atom. The first-order valence-electron chi connectivity index (χ1n) is 5.27. The Morgan fingerprint density at radius 2 is 1.94 bits per heavy atom. The van der Waals surface area contributed by atoms with Gasteiger partial charge in [0, 0.05) is 12.3 Å². The standard InChI is InChI=1S/C12H10F3N3/c1-7(10-4-2-3-5-16-10)17-12-9(14)6-8(13)11(15)18-12/h2-7H,1H3,(H,17,18). The van der Waals surface area contributed by atoms with E-state index in [-0.39, 0.29) is 11.9 Å². The maximum atomic E-state index is 13.4. The van der Waals surface area contributed by atoms with Crippen LogP contribution in [0.15, 0.2) is 30.5 Å². The Morgan fingerprint density at radius 3 is 2.61 bits per heavy atom. The summed E-state index contributed by atoms with van der Waals surface area (Å²) in [5.74, 6) is -3.95. The summed E-state index contributed by atoms with van der Waals surface area (Å²) in [7, 11) is 0. The summed E-state index contributed by atoms with van der Waals surface area (Å²) in [4.78, 5) is 7.25. The molecule has 3 nitrogen and oxygen atoms in total. The summed E-state index contributed by atoms with van der Waals surface area (Å²) < 4.78 is 39.0. The van der Waals surface area contributed by atoms with Crippen molar-refractivity contribution in [3.8, 4) is 0 Å². The molecule has 0 amide bonds. The molecule has 18 heavy (non-hydrogen) atoms. The fourth-order valence-electron chi connectivity index (χ4n) is 1.46. The topological polar surface area (TPSA) is 37.8 Å². The summed E-state index contributed by atoms with van der Waals surface area (Å²) in [5.41, 5.74) is 0.642. The molecule has 0 aliphatic rings. The van der Waals surface area contributed by atoms with E-state index in [0.29, 0.717) is 11.8 Å². The van der Waals surface area contributed by atoms with Gasteiger partial charge in [-0.2, -0.15) is 9.37 Å². The van der Waals surface area contributed by atoms with Crippen molar-refractivity contribution in [3.63, 3.8) is 0 Å². The van der Waals surface area contributed by atoms with Crippen molar-refractivity contribution >= 4 is 5.82 Å². The zero-order chi connectivity index (χ0) is 13.1. The number of nitrogens with one attached hydrogen (secondary N) is 1. The lowest BCUT2D eigenvalue weighted by Crippen LogP contribution is -2.12. The van der Waals surface area contributed by atoms with Crippen LogP contribution in [0.25, 0.3) is 0 Å². The van der Waals surface area contributed by atoms with Crippen molar-refractivity contribution in [2.75, 3.05) is 5.32 Å². The van der Waals surface area contributed by atoms with E-state index in [9.17, 15) is 13.2 Å². The van der Waals surface area contributed by atoms with Crippen LogP contribution >= 0.6 is 0 Å². The Labute approximate surface area is 102 Å². The second kappa shape index (κ2) is 5.03. The third-order valence-corrected chi connectivity index (χ3v) is 2.37. The highest BCUT2D eigenvalue weighted by molar-refractivity contribution is 5.38. The summed E-state index contributed by atoms with van der Waals surface area (Å²) in [6.45, 7) is 1.71. The Balaban J connectivity index is 2.22. The SMILES string of the molecule is CC(Nc1nc(F)c(F)cc1F)c1ccccn1. The molecule has 0 bridgehead atoms. The van der Waals surface area contributed by atoms with Crippen LogP contribution in [0, 0.1) is 17.6 Å². The van der Waals surface area contributed by atoms with Crippen LogP contribution in [0.3, 0.4) is 0 Å². The first kappa shape index (κ1) is 12.3. The maximum absolute atomic E-state index is 13.4. The zero-order valence-corrected chi connectivity index (χ0v) is 9.49. The number of anilines is 1. The second-order valence-corrected chi connectivity index (χ2v) is 3.71. The van der Waals surface area contributed by atoms with Gasteiger partial charge >= 0.3 is 0 Å². The average molecular weight is 253 g/mol. The van der Waals surface area contributed by atoms with Gasteiger partial charge < -0.3 is 5.32 Å². The fraction of sp³-hybridized carbons (Fsp3) is 0.167. The number of hydrogen-bond acceptors (Lipinski definition) is 3. The number of nitrogens with zero attached hydrogens (tertiary/aromatic N) is 2. The summed E-state index contributed by atoms with van der Waals surface area (Å²) >= 11 is 0. The molecule has 6 heteroatoms. The second-order valence-electron chi connectivity index (χ2n) is 3.71. The molecule has 0 radical (unpaired) electrons. The van der Waals surface area contributed by atoms with Crippen LogP contribution in [-0.2, 0) is 0 Å². The summed E-state index contributed by atoms with van der Waals surface area (Å²) in [6.07, 6.45) is 1.59. The molecule has 0 saturated heterocycles. The smallest absolute Gasteiger partial charge is 0.251 e. The molecule has 2 aromatic heterocycles. The summed E-state index contributed by atoms with van der Waals surface area (Å²) in [5, 5.41) is 2.64. The van der Waals surface area contributed by atoms with Crippen molar-refractivity contribution in [2.24, 2.45) is 0 Å². The van der Waals surface area contributed by atoms with Crippen molar-refractivity contribution in [1.29, 1.82) is 0 Å². The number of aromatic nitrogens is 2. The fourth-order valence-corrected chi connectivity index (χ4v) is 1.46. The first-order chi connectivity index (χ1) is 8.58. The summed E-state index contributed by atoms with van der Waals surface area (Å²) in [6, 6.07) is 5.33. The van der Waals surface area contributed by atoms with Gasteiger partial charge in [-0.15, -0.1) is 0 Å². The van der Waals surface area contributed by atoms with Gasteiger partial charge in [-0.3, -0.25) is 4.98 Å². The lowest BCUT2D eigenvalue weighted by molar-refractivity contribution is 0.465. The Hall–Kier alpha value is -2.11. The highest BCUT2D eigenvalue weighted by Crippen LogP contribution is 2.19. The molecule has 2 aromatic rings. The predicted molar refractivity (Wildman–Crippen MR) is 60.4 cm³/mol. The predicted octanol–water partition coefficient (Wildman–Crippen LogP) is 3.07. The number of rotatable bonds is 3. The molecular weight excluding hydrogens is 243 g/mol. The lowest BCUT2D eigenvalue weighted by Gasteiger charge is -2.14. The highest BCUT2D eigenvalue weighted by Gasteiger charge is 2.14. The zero-order valence-electron chi connectivity index (χ0n) is 9.49. The van der Waals surface area contributed by atoms with Gasteiger partial charge in [0.25, 0.3) is 5.95 Å². The largest absolute Gasteiger partial charge is 0.359 e. The van der Waals surface area contributed by atoms with Gasteiger partial charge in [-0.1, -0.05) is 6.07 Å². The normalized spacial score (nSPS) is 12.2. The van der Waals surface area contributed by atoms with Gasteiger partial charge in [0.15, 0.2) is 17.5 Å². The number of pyridine rings is 2. The van der Waals surface area contributed by atoms with E-state index < -0.39 is 17.6 Å². The molecule has 0 aliphatic heterocycles. The van der Waals surface area contributed by atoms with Crippen molar-refractivity contribution in [3.05, 3.63) is 53.7 Å². The molecular formula is C12H10F3N3. The average Bonchev–Trinajstić information content (AvgIpc) is 2.37. The van der Waals surface area contributed by atoms with Gasteiger partial charge in [0.05, 0.1) is 11.7 Å². The van der Waals surface area contributed by atoms with Crippen molar-refractivity contribution in [1.82, 2.24) is 9.97 Å². The third kappa shape index (κ3) is 2.58. The molecule has 0 fully saturated rings. The molecule has 0 aliphatic carbocycles. The molecule has 0 aromatic carbocycles. The molecule has 2 rings (SSSR count). The van der Waals surface area contributed by atoms with Crippen molar-refractivity contribution in [2.45, 2.75) is 13.0 Å². The van der Waals surface area contributed by atoms with E-state index >= 15 is 0 Å². The van der Waals surface area contributed by atoms with Gasteiger partial charge in [-0.25, -0.2) is 8.78 Å². The molecule has 0 spiro atoms. The van der Waals surface area contributed by atoms with E-state index in [2.05, 4.69) is 15.3 Å². The Kier molecular flexibility index (Phi) is 3.45. The maximum Gasteiger partial charge on any atom is 0.251 e. The van der Waals surface area contributed by atoms with Gasteiger partial charge in [0.1, 0.15) is 0 Å². The first-order valence-corrected chi connectivity index (χ1v) is 5.27. The minimum Gasteiger partial charge on any atom is -0.359 e. The van der Waals surface area contributed by atoms with E-state index in [1.807, 2.05) is 0 Å². The monoisotopic (exact) mass is 253 g/mol. The van der Waals surface area contributed by atoms with Crippen LogP contribution in [-0.4, -0.2) is 9.97 Å². The minimum atomic E-state index is -1.34. The molecule has 1 unspecified atom stereocenters. The highest BCUT2D eigenvalue weighted by atomic mass is 19.2. The Bertz CT molecular complexity index is 546. The van der Waals surface area contributed by atoms with E-state index in [4.69, 9.17) is 0 Å². The third-order valence-electron chi connectivity index (χ3n) is 2.37. The van der Waals surface area contributed by atoms with Crippen LogP contribution in [0.1, 0.15) is 18.7 Å². The number of halogens is 3. The van der Waals surface area contributed by atoms with Gasteiger partial charge in [0.2, 0.25) is 0 Å². The van der Waals surface area contributed by atoms with Crippen LogP contribution in [0.5, 0.6) is 0 Å². The number of hydrogen-bond donors (Lipinski definition) is 1. The molecule has 94 valence electrons. The molecule has 0 saturated carbocycles.